The fourth-order valence-electron chi connectivity index (χ4n) is 1.40. The maximum Gasteiger partial charge on any atom is 0.415 e. The molecule has 20 heavy (non-hydrogen) atoms. The zero-order valence-corrected chi connectivity index (χ0v) is 12.8. The Morgan fingerprint density at radius 1 is 1.30 bits per heavy atom. The van der Waals surface area contributed by atoms with Crippen LogP contribution < -0.4 is 4.90 Å². The molecule has 0 radical (unpaired) electrons. The van der Waals surface area contributed by atoms with Crippen molar-refractivity contribution >= 4 is 41.0 Å². The Labute approximate surface area is 127 Å². The average Bonchev–Trinajstić information content (AvgIpc) is 2.23. The molecule has 1 rings (SSSR count). The number of anilines is 1. The van der Waals surface area contributed by atoms with Gasteiger partial charge in [-0.05, 0) is 39.0 Å². The molecule has 1 N–H and O–H groups in total. The van der Waals surface area contributed by atoms with Crippen molar-refractivity contribution in [1.29, 1.82) is 0 Å². The van der Waals surface area contributed by atoms with Crippen LogP contribution in [0.2, 0.25) is 10.0 Å². The van der Waals surface area contributed by atoms with Crippen LogP contribution in [0, 0.1) is 0 Å². The molecular weight excluding hydrogens is 305 g/mol. The number of carbonyl (C=O) groups excluding carboxylic acids is 1. The quantitative estimate of drug-likeness (QED) is 0.919. The van der Waals surface area contributed by atoms with Crippen molar-refractivity contribution in [2.24, 2.45) is 0 Å². The van der Waals surface area contributed by atoms with E-state index in [-0.39, 0.29) is 10.7 Å². The van der Waals surface area contributed by atoms with Gasteiger partial charge in [-0.1, -0.05) is 23.2 Å². The zero-order chi connectivity index (χ0) is 15.5. The van der Waals surface area contributed by atoms with Gasteiger partial charge in [0.1, 0.15) is 12.1 Å². The van der Waals surface area contributed by atoms with Gasteiger partial charge in [0, 0.05) is 5.02 Å². The number of benzene rings is 1. The van der Waals surface area contributed by atoms with Gasteiger partial charge in [-0.2, -0.15) is 0 Å². The topological polar surface area (TPSA) is 66.8 Å². The third-order valence-corrected chi connectivity index (χ3v) is 2.65. The normalized spacial score (nSPS) is 11.1. The molecule has 110 valence electrons. The van der Waals surface area contributed by atoms with Crippen LogP contribution >= 0.6 is 23.2 Å². The van der Waals surface area contributed by atoms with E-state index in [9.17, 15) is 9.59 Å². The SMILES string of the molecule is CC(C)(C)OC(=O)N(CC(=O)O)c1ccc(Cl)cc1Cl. The summed E-state index contributed by atoms with van der Waals surface area (Å²) >= 11 is 11.8. The van der Waals surface area contributed by atoms with Gasteiger partial charge in [0.2, 0.25) is 0 Å². The molecule has 1 amide bonds. The van der Waals surface area contributed by atoms with E-state index in [0.717, 1.165) is 4.90 Å². The highest BCUT2D eigenvalue weighted by molar-refractivity contribution is 6.36. The minimum Gasteiger partial charge on any atom is -0.480 e. The second-order valence-corrected chi connectivity index (χ2v) is 5.90. The fourth-order valence-corrected chi connectivity index (χ4v) is 1.91. The number of halogens is 2. The first-order valence-corrected chi connectivity index (χ1v) is 6.53. The zero-order valence-electron chi connectivity index (χ0n) is 11.3. The van der Waals surface area contributed by atoms with E-state index in [0.29, 0.717) is 5.02 Å². The summed E-state index contributed by atoms with van der Waals surface area (Å²) < 4.78 is 5.17. The number of amides is 1. The van der Waals surface area contributed by atoms with E-state index in [4.69, 9.17) is 33.0 Å². The van der Waals surface area contributed by atoms with Gasteiger partial charge in [0.25, 0.3) is 0 Å². The molecule has 0 aromatic heterocycles. The molecule has 0 heterocycles. The Morgan fingerprint density at radius 3 is 2.35 bits per heavy atom. The van der Waals surface area contributed by atoms with Crippen molar-refractivity contribution in [3.8, 4) is 0 Å². The van der Waals surface area contributed by atoms with E-state index >= 15 is 0 Å². The minimum atomic E-state index is -1.18. The molecule has 0 unspecified atom stereocenters. The third kappa shape index (κ3) is 4.90. The van der Waals surface area contributed by atoms with Crippen LogP contribution in [0.15, 0.2) is 18.2 Å². The molecular formula is C13H15Cl2NO4. The number of carboxylic acids is 1. The van der Waals surface area contributed by atoms with Crippen molar-refractivity contribution in [3.63, 3.8) is 0 Å². The number of carboxylic acid groups (broad SMARTS) is 1. The van der Waals surface area contributed by atoms with Crippen molar-refractivity contribution < 1.29 is 19.4 Å². The standard InChI is InChI=1S/C13H15Cl2NO4/c1-13(2,3)20-12(19)16(7-11(17)18)10-5-4-8(14)6-9(10)15/h4-6H,7H2,1-3H3,(H,17,18). The van der Waals surface area contributed by atoms with Gasteiger partial charge < -0.3 is 9.84 Å². The lowest BCUT2D eigenvalue weighted by Gasteiger charge is -2.27. The Morgan fingerprint density at radius 2 is 1.90 bits per heavy atom. The van der Waals surface area contributed by atoms with Gasteiger partial charge in [0.15, 0.2) is 0 Å². The number of ether oxygens (including phenoxy) is 1. The van der Waals surface area contributed by atoms with Gasteiger partial charge in [-0.3, -0.25) is 9.69 Å². The van der Waals surface area contributed by atoms with Crippen LogP contribution in [-0.4, -0.2) is 29.3 Å². The Bertz CT molecular complexity index is 526. The number of aliphatic carboxylic acids is 1. The largest absolute Gasteiger partial charge is 0.480 e. The molecule has 0 atom stereocenters. The van der Waals surface area contributed by atoms with Crippen molar-refractivity contribution in [2.75, 3.05) is 11.4 Å². The summed E-state index contributed by atoms with van der Waals surface area (Å²) in [4.78, 5) is 23.9. The molecule has 0 saturated carbocycles. The average molecular weight is 320 g/mol. The van der Waals surface area contributed by atoms with Crippen LogP contribution in [0.5, 0.6) is 0 Å². The highest BCUT2D eigenvalue weighted by Crippen LogP contribution is 2.29. The molecule has 0 spiro atoms. The van der Waals surface area contributed by atoms with Crippen molar-refractivity contribution in [2.45, 2.75) is 26.4 Å². The maximum absolute atomic E-state index is 12.1. The summed E-state index contributed by atoms with van der Waals surface area (Å²) in [6, 6.07) is 4.41. The molecule has 0 bridgehead atoms. The number of hydrogen-bond donors (Lipinski definition) is 1. The first-order chi connectivity index (χ1) is 9.10. The minimum absolute atomic E-state index is 0.171. The van der Waals surface area contributed by atoms with Gasteiger partial charge in [-0.15, -0.1) is 0 Å². The molecule has 0 aliphatic heterocycles. The molecule has 0 aliphatic carbocycles. The lowest BCUT2D eigenvalue weighted by molar-refractivity contribution is -0.135. The van der Waals surface area contributed by atoms with Crippen LogP contribution in [-0.2, 0) is 9.53 Å². The molecule has 0 fully saturated rings. The lowest BCUT2D eigenvalue weighted by Crippen LogP contribution is -2.40. The molecule has 0 saturated heterocycles. The highest BCUT2D eigenvalue weighted by Gasteiger charge is 2.26. The van der Waals surface area contributed by atoms with Crippen LogP contribution in [0.3, 0.4) is 0 Å². The maximum atomic E-state index is 12.1. The van der Waals surface area contributed by atoms with Crippen LogP contribution in [0.1, 0.15) is 20.8 Å². The second kappa shape index (κ2) is 6.33. The Kier molecular flexibility index (Phi) is 5.25. The first-order valence-electron chi connectivity index (χ1n) is 5.77. The number of rotatable bonds is 3. The Hall–Kier alpha value is -1.46. The van der Waals surface area contributed by atoms with Gasteiger partial charge >= 0.3 is 12.1 Å². The number of hydrogen-bond acceptors (Lipinski definition) is 3. The first kappa shape index (κ1) is 16.6. The number of nitrogens with zero attached hydrogens (tertiary/aromatic N) is 1. The van der Waals surface area contributed by atoms with E-state index < -0.39 is 24.2 Å². The molecule has 0 aliphatic rings. The summed E-state index contributed by atoms with van der Waals surface area (Å²) in [6.45, 7) is 4.50. The smallest absolute Gasteiger partial charge is 0.415 e. The lowest BCUT2D eigenvalue weighted by atomic mass is 10.2. The van der Waals surface area contributed by atoms with E-state index in [1.165, 1.54) is 18.2 Å². The number of carbonyl (C=O) groups is 2. The van der Waals surface area contributed by atoms with E-state index in [1.54, 1.807) is 20.8 Å². The van der Waals surface area contributed by atoms with Crippen LogP contribution in [0.4, 0.5) is 10.5 Å². The fraction of sp³-hybridized carbons (Fsp3) is 0.385. The van der Waals surface area contributed by atoms with Crippen molar-refractivity contribution in [1.82, 2.24) is 0 Å². The summed E-state index contributed by atoms with van der Waals surface area (Å²) in [5.41, 5.74) is -0.514. The predicted octanol–water partition coefficient (Wildman–Crippen LogP) is 3.82. The third-order valence-electron chi connectivity index (χ3n) is 2.11. The summed E-state index contributed by atoms with van der Waals surface area (Å²) in [6.07, 6.45) is -0.788. The summed E-state index contributed by atoms with van der Waals surface area (Å²) in [5.74, 6) is -1.18. The molecule has 1 aromatic carbocycles. The second-order valence-electron chi connectivity index (χ2n) is 5.06. The molecule has 5 nitrogen and oxygen atoms in total. The van der Waals surface area contributed by atoms with Crippen molar-refractivity contribution in [3.05, 3.63) is 28.2 Å². The Balaban J connectivity index is 3.12. The molecule has 1 aromatic rings. The highest BCUT2D eigenvalue weighted by atomic mass is 35.5. The summed E-state index contributed by atoms with van der Waals surface area (Å²) in [7, 11) is 0. The van der Waals surface area contributed by atoms with Gasteiger partial charge in [0.05, 0.1) is 10.7 Å². The predicted molar refractivity (Wildman–Crippen MR) is 77.7 cm³/mol. The van der Waals surface area contributed by atoms with Gasteiger partial charge in [-0.25, -0.2) is 4.79 Å². The van der Waals surface area contributed by atoms with E-state index in [1.807, 2.05) is 0 Å². The van der Waals surface area contributed by atoms with E-state index in [2.05, 4.69) is 0 Å². The van der Waals surface area contributed by atoms with Crippen LogP contribution in [0.25, 0.3) is 0 Å². The molecule has 7 heteroatoms. The summed E-state index contributed by atoms with van der Waals surface area (Å²) in [5, 5.41) is 9.48. The monoisotopic (exact) mass is 319 g/mol.